The van der Waals surface area contributed by atoms with E-state index >= 15 is 0 Å². The first kappa shape index (κ1) is 53.3. The van der Waals surface area contributed by atoms with Crippen LogP contribution in [0.3, 0.4) is 0 Å². The van der Waals surface area contributed by atoms with Crippen molar-refractivity contribution in [1.29, 1.82) is 0 Å². The van der Waals surface area contributed by atoms with Crippen LogP contribution in [0.25, 0.3) is 11.1 Å². The molecule has 3 heteroatoms. The molecule has 0 saturated heterocycles. The van der Waals surface area contributed by atoms with Gasteiger partial charge in [0.15, 0.2) is 0 Å². The molecule has 0 bridgehead atoms. The topological polar surface area (TPSA) is 12.5 Å². The number of ether oxygens (including phenoxy) is 1. The number of allylic oxidation sites excluding steroid dienone is 3. The van der Waals surface area contributed by atoms with E-state index in [4.69, 9.17) is 4.74 Å². The third-order valence-corrected chi connectivity index (χ3v) is 21.1. The molecule has 1 spiro atoms. The third-order valence-electron chi connectivity index (χ3n) is 20.0. The highest BCUT2D eigenvalue weighted by Gasteiger charge is 2.55. The van der Waals surface area contributed by atoms with Gasteiger partial charge in [0, 0.05) is 43.9 Å². The van der Waals surface area contributed by atoms with E-state index in [9.17, 15) is 0 Å². The van der Waals surface area contributed by atoms with Crippen molar-refractivity contribution in [3.05, 3.63) is 368 Å². The van der Waals surface area contributed by atoms with Gasteiger partial charge in [-0.3, -0.25) is 0 Å². The van der Waals surface area contributed by atoms with Crippen molar-refractivity contribution in [2.45, 2.75) is 91.2 Å². The summed E-state index contributed by atoms with van der Waals surface area (Å²) in [5.74, 6) is 1.95. The SMILES string of the molecule is CC1C=C(N(c2ccc3c(c2)C(c2ccccc2)(c2ccccc2)c2ccccc2O3)c2ccc3c(c2)C2(c4ccccc4S3)c3cc(C(C)(C)C)ccc3-c3ccc(C(C)(C)C)cc32)C=C2C1c1ccccc1C2(c1ccccc1)c1ccccc1. The van der Waals surface area contributed by atoms with E-state index in [2.05, 4.69) is 332 Å². The van der Waals surface area contributed by atoms with Gasteiger partial charge in [-0.25, -0.2) is 0 Å². The molecule has 3 aliphatic carbocycles. The first-order valence-corrected chi connectivity index (χ1v) is 31.8. The highest BCUT2D eigenvalue weighted by atomic mass is 32.2. The van der Waals surface area contributed by atoms with Gasteiger partial charge in [0.2, 0.25) is 0 Å². The monoisotopic (exact) mass is 1140 g/mol. The van der Waals surface area contributed by atoms with Crippen molar-refractivity contribution in [2.24, 2.45) is 5.92 Å². The molecule has 16 rings (SSSR count). The summed E-state index contributed by atoms with van der Waals surface area (Å²) in [6.45, 7) is 16.6. The summed E-state index contributed by atoms with van der Waals surface area (Å²) in [4.78, 5) is 5.17. The van der Waals surface area contributed by atoms with Gasteiger partial charge in [0.25, 0.3) is 0 Å². The van der Waals surface area contributed by atoms with Gasteiger partial charge in [0.1, 0.15) is 11.5 Å². The molecule has 0 radical (unpaired) electrons. The summed E-state index contributed by atoms with van der Waals surface area (Å²) in [5.41, 5.74) is 23.0. The summed E-state index contributed by atoms with van der Waals surface area (Å²) in [6, 6.07) is 101. The van der Waals surface area contributed by atoms with Crippen LogP contribution in [0.1, 0.15) is 132 Å². The Kier molecular flexibility index (Phi) is 12.1. The van der Waals surface area contributed by atoms with Crippen molar-refractivity contribution in [3.8, 4) is 22.6 Å². The Labute approximate surface area is 517 Å². The zero-order valence-corrected chi connectivity index (χ0v) is 51.3. The lowest BCUT2D eigenvalue weighted by molar-refractivity contribution is 0.434. The highest BCUT2D eigenvalue weighted by molar-refractivity contribution is 7.99. The highest BCUT2D eigenvalue weighted by Crippen LogP contribution is 2.66. The van der Waals surface area contributed by atoms with Crippen LogP contribution in [0.4, 0.5) is 11.4 Å². The van der Waals surface area contributed by atoms with Crippen molar-refractivity contribution < 1.29 is 4.74 Å². The van der Waals surface area contributed by atoms with Crippen molar-refractivity contribution in [2.75, 3.05) is 4.90 Å². The van der Waals surface area contributed by atoms with Crippen LogP contribution in [-0.4, -0.2) is 0 Å². The maximum Gasteiger partial charge on any atom is 0.132 e. The van der Waals surface area contributed by atoms with Crippen LogP contribution < -0.4 is 9.64 Å². The molecule has 0 saturated carbocycles. The Morgan fingerprint density at radius 3 is 1.41 bits per heavy atom. The fraction of sp³-hybridized carbons (Fsp3) is 0.167. The maximum atomic E-state index is 7.15. The predicted octanol–water partition coefficient (Wildman–Crippen LogP) is 21.3. The average molecular weight is 1140 g/mol. The predicted molar refractivity (Wildman–Crippen MR) is 360 cm³/mol. The second kappa shape index (κ2) is 19.7. The molecular formula is C84H69NOS. The lowest BCUT2D eigenvalue weighted by atomic mass is 9.63. The normalized spacial score (nSPS) is 17.6. The fourth-order valence-corrected chi connectivity index (χ4v) is 17.3. The van der Waals surface area contributed by atoms with E-state index in [1.54, 1.807) is 0 Å². The number of hydrogen-bond acceptors (Lipinski definition) is 3. The minimum atomic E-state index is -0.734. The Bertz CT molecular complexity index is 4470. The van der Waals surface area contributed by atoms with Crippen molar-refractivity contribution >= 4 is 23.1 Å². The molecule has 5 aliphatic rings. The molecule has 2 aliphatic heterocycles. The number of hydrogen-bond donors (Lipinski definition) is 0. The summed E-state index contributed by atoms with van der Waals surface area (Å²) < 4.78 is 7.15. The largest absolute Gasteiger partial charge is 0.457 e. The van der Waals surface area contributed by atoms with E-state index in [0.29, 0.717) is 0 Å². The molecule has 2 nitrogen and oxygen atoms in total. The number of nitrogens with zero attached hydrogens (tertiary/aromatic N) is 1. The number of anilines is 2. The molecule has 2 unspecified atom stereocenters. The Balaban J connectivity index is 1.01. The fourth-order valence-electron chi connectivity index (χ4n) is 16.1. The Hall–Kier alpha value is -9.15. The van der Waals surface area contributed by atoms with Crippen LogP contribution in [0.2, 0.25) is 0 Å². The molecule has 0 N–H and O–H groups in total. The standard InChI is InChI=1S/C84H69NOS/c1-54-48-63(53-74-79(54)66-34-20-21-35-67(66)82(74,55-26-12-8-13-27-55)56-28-14-9-15-29-56)85(61-42-46-76-72(51-61)83(57-30-16-10-17-31-57,58-32-18-11-19-33-58)68-36-22-24-38-75(68)86-76)62-43-47-78-73(52-62)84(69-37-23-25-39-77(69)87-78)70-49-59(80(2,3)4)40-44-64(70)65-45-41-60(50-71(65)84)81(5,6)7/h8-54,79H,1-7H3. The van der Waals surface area contributed by atoms with Gasteiger partial charge in [-0.15, -0.1) is 0 Å². The van der Waals surface area contributed by atoms with Crippen LogP contribution >= 0.6 is 11.8 Å². The van der Waals surface area contributed by atoms with E-state index in [1.807, 2.05) is 11.8 Å². The number of rotatable bonds is 7. The summed E-state index contributed by atoms with van der Waals surface area (Å²) in [7, 11) is 0. The van der Waals surface area contributed by atoms with Gasteiger partial charge < -0.3 is 9.64 Å². The van der Waals surface area contributed by atoms with Crippen LogP contribution in [0.5, 0.6) is 11.5 Å². The lowest BCUT2D eigenvalue weighted by Gasteiger charge is -2.43. The Morgan fingerprint density at radius 2 is 0.839 bits per heavy atom. The molecule has 422 valence electrons. The molecule has 0 fully saturated rings. The van der Waals surface area contributed by atoms with Gasteiger partial charge in [0.05, 0.1) is 16.2 Å². The summed E-state index contributed by atoms with van der Waals surface area (Å²) in [6.07, 6.45) is 5.18. The van der Waals surface area contributed by atoms with E-state index in [-0.39, 0.29) is 22.7 Å². The smallest absolute Gasteiger partial charge is 0.132 e. The number of benzene rings is 11. The second-order valence-corrected chi connectivity index (χ2v) is 27.8. The molecular weight excluding hydrogens is 1070 g/mol. The van der Waals surface area contributed by atoms with E-state index < -0.39 is 16.2 Å². The minimum absolute atomic E-state index is 0.0818. The molecule has 87 heavy (non-hydrogen) atoms. The quantitative estimate of drug-likeness (QED) is 0.158. The maximum absolute atomic E-state index is 7.15. The molecule has 0 aromatic heterocycles. The zero-order valence-electron chi connectivity index (χ0n) is 50.5. The van der Waals surface area contributed by atoms with Gasteiger partial charge in [-0.2, -0.15) is 0 Å². The van der Waals surface area contributed by atoms with Crippen molar-refractivity contribution in [3.63, 3.8) is 0 Å². The van der Waals surface area contributed by atoms with Gasteiger partial charge in [-0.1, -0.05) is 285 Å². The number of fused-ring (bicyclic) bond motifs is 14. The minimum Gasteiger partial charge on any atom is -0.457 e. The van der Waals surface area contributed by atoms with Gasteiger partial charge >= 0.3 is 0 Å². The van der Waals surface area contributed by atoms with Crippen LogP contribution in [-0.2, 0) is 27.1 Å². The summed E-state index contributed by atoms with van der Waals surface area (Å²) >= 11 is 1.91. The number of para-hydroxylation sites is 1. The second-order valence-electron chi connectivity index (χ2n) is 26.7. The first-order valence-electron chi connectivity index (χ1n) is 31.0. The van der Waals surface area contributed by atoms with Crippen LogP contribution in [0, 0.1) is 5.92 Å². The first-order chi connectivity index (χ1) is 42.3. The van der Waals surface area contributed by atoms with E-state index in [1.165, 1.54) is 93.3 Å². The lowest BCUT2D eigenvalue weighted by Crippen LogP contribution is -2.35. The van der Waals surface area contributed by atoms with Gasteiger partial charge in [-0.05, 0) is 155 Å². The van der Waals surface area contributed by atoms with E-state index in [0.717, 1.165) is 39.7 Å². The molecule has 0 amide bonds. The molecule has 2 atom stereocenters. The average Bonchev–Trinajstić information content (AvgIpc) is 1.63. The Morgan fingerprint density at radius 1 is 0.379 bits per heavy atom. The molecule has 2 heterocycles. The van der Waals surface area contributed by atoms with Crippen LogP contribution in [0.15, 0.2) is 300 Å². The molecule has 11 aromatic carbocycles. The summed E-state index contributed by atoms with van der Waals surface area (Å²) in [5, 5.41) is 0. The zero-order chi connectivity index (χ0) is 59.0. The third kappa shape index (κ3) is 7.74. The van der Waals surface area contributed by atoms with Crippen molar-refractivity contribution in [1.82, 2.24) is 0 Å². The molecule has 11 aromatic rings.